The third-order valence-corrected chi connectivity index (χ3v) is 4.72. The summed E-state index contributed by atoms with van der Waals surface area (Å²) in [4.78, 5) is 4.64. The predicted molar refractivity (Wildman–Crippen MR) is 87.6 cm³/mol. The van der Waals surface area contributed by atoms with Gasteiger partial charge in [0.05, 0.1) is 0 Å². The van der Waals surface area contributed by atoms with E-state index < -0.39 is 0 Å². The Balaban J connectivity index is 1.67. The largest absolute Gasteiger partial charge is 0.316 e. The van der Waals surface area contributed by atoms with Crippen molar-refractivity contribution >= 4 is 0 Å². The van der Waals surface area contributed by atoms with Crippen molar-refractivity contribution in [2.75, 3.05) is 7.05 Å². The molecular weight excluding hydrogens is 256 g/mol. The number of fused-ring (bicyclic) bond motifs is 1. The maximum absolute atomic E-state index is 4.64. The Hall–Kier alpha value is -1.67. The van der Waals surface area contributed by atoms with E-state index in [1.54, 1.807) is 0 Å². The Morgan fingerprint density at radius 1 is 1.24 bits per heavy atom. The van der Waals surface area contributed by atoms with Crippen molar-refractivity contribution in [2.45, 2.75) is 44.6 Å². The van der Waals surface area contributed by atoms with Gasteiger partial charge in [-0.05, 0) is 56.8 Å². The highest BCUT2D eigenvalue weighted by atomic mass is 14.9. The van der Waals surface area contributed by atoms with E-state index in [-0.39, 0.29) is 0 Å². The third-order valence-electron chi connectivity index (χ3n) is 4.72. The van der Waals surface area contributed by atoms with Crippen LogP contribution in [0.2, 0.25) is 0 Å². The molecule has 1 aromatic carbocycles. The second-order valence-electron chi connectivity index (χ2n) is 6.11. The minimum Gasteiger partial charge on any atom is -0.316 e. The van der Waals surface area contributed by atoms with Crippen LogP contribution in [0.5, 0.6) is 0 Å². The first-order valence-corrected chi connectivity index (χ1v) is 7.94. The van der Waals surface area contributed by atoms with E-state index in [0.29, 0.717) is 12.0 Å². The number of likely N-dealkylation sites (N-methyl/N-ethyl adjacent to an activating group) is 1. The van der Waals surface area contributed by atoms with Crippen molar-refractivity contribution in [3.8, 4) is 0 Å². The lowest BCUT2D eigenvalue weighted by molar-refractivity contribution is 0.427. The first kappa shape index (κ1) is 14.3. The topological polar surface area (TPSA) is 24.9 Å². The second-order valence-corrected chi connectivity index (χ2v) is 6.11. The van der Waals surface area contributed by atoms with Crippen LogP contribution in [0.1, 0.15) is 41.1 Å². The fraction of sp³-hybridized carbons (Fsp3) is 0.421. The monoisotopic (exact) mass is 280 g/mol. The Bertz CT molecular complexity index is 589. The first-order chi connectivity index (χ1) is 10.3. The molecule has 2 atom stereocenters. The van der Waals surface area contributed by atoms with E-state index in [1.165, 1.54) is 41.6 Å². The van der Waals surface area contributed by atoms with Crippen LogP contribution < -0.4 is 5.32 Å². The molecule has 2 heteroatoms. The average Bonchev–Trinajstić information content (AvgIpc) is 2.94. The molecule has 0 bridgehead atoms. The van der Waals surface area contributed by atoms with E-state index in [2.05, 4.69) is 60.7 Å². The summed E-state index contributed by atoms with van der Waals surface area (Å²) in [7, 11) is 2.08. The predicted octanol–water partition coefficient (Wildman–Crippen LogP) is 3.64. The van der Waals surface area contributed by atoms with Gasteiger partial charge in [0.1, 0.15) is 0 Å². The van der Waals surface area contributed by atoms with Gasteiger partial charge in [-0.25, -0.2) is 0 Å². The van der Waals surface area contributed by atoms with Gasteiger partial charge in [0.2, 0.25) is 0 Å². The molecule has 1 aliphatic carbocycles. The number of benzene rings is 1. The standard InChI is InChI=1S/C19H24N2/c1-14-5-7-15(8-6-14)9-12-18(20-2)17-11-10-16-4-3-13-21-19(16)17/h3-8,13,17-18,20H,9-12H2,1-2H3. The van der Waals surface area contributed by atoms with E-state index in [0.717, 1.165) is 6.42 Å². The number of nitrogens with one attached hydrogen (secondary N) is 1. The number of rotatable bonds is 5. The minimum absolute atomic E-state index is 0.516. The number of hydrogen-bond acceptors (Lipinski definition) is 2. The molecule has 1 N–H and O–H groups in total. The van der Waals surface area contributed by atoms with Crippen LogP contribution in [0, 0.1) is 6.92 Å². The lowest BCUT2D eigenvalue weighted by Gasteiger charge is -2.23. The first-order valence-electron chi connectivity index (χ1n) is 7.94. The summed E-state index contributed by atoms with van der Waals surface area (Å²) < 4.78 is 0. The molecule has 0 amide bonds. The molecule has 0 saturated carbocycles. The third kappa shape index (κ3) is 3.16. The van der Waals surface area contributed by atoms with E-state index >= 15 is 0 Å². The van der Waals surface area contributed by atoms with Crippen molar-refractivity contribution < 1.29 is 0 Å². The highest BCUT2D eigenvalue weighted by molar-refractivity contribution is 5.30. The minimum atomic E-state index is 0.516. The van der Waals surface area contributed by atoms with Gasteiger partial charge in [-0.3, -0.25) is 4.98 Å². The Morgan fingerprint density at radius 2 is 2.05 bits per heavy atom. The van der Waals surface area contributed by atoms with Gasteiger partial charge in [-0.15, -0.1) is 0 Å². The SMILES string of the molecule is CNC(CCc1ccc(C)cc1)C1CCc2cccnc21. The van der Waals surface area contributed by atoms with Gasteiger partial charge in [-0.2, -0.15) is 0 Å². The fourth-order valence-electron chi connectivity index (χ4n) is 3.46. The maximum atomic E-state index is 4.64. The van der Waals surface area contributed by atoms with E-state index in [1.807, 2.05) is 6.20 Å². The van der Waals surface area contributed by atoms with E-state index in [9.17, 15) is 0 Å². The van der Waals surface area contributed by atoms with Gasteiger partial charge >= 0.3 is 0 Å². The molecule has 0 spiro atoms. The molecule has 1 aromatic heterocycles. The fourth-order valence-corrected chi connectivity index (χ4v) is 3.46. The maximum Gasteiger partial charge on any atom is 0.0482 e. The quantitative estimate of drug-likeness (QED) is 0.904. The summed E-state index contributed by atoms with van der Waals surface area (Å²) in [5.74, 6) is 0.566. The molecule has 21 heavy (non-hydrogen) atoms. The van der Waals surface area contributed by atoms with Gasteiger partial charge in [-0.1, -0.05) is 35.9 Å². The zero-order valence-corrected chi connectivity index (χ0v) is 13.0. The lowest BCUT2D eigenvalue weighted by Crippen LogP contribution is -2.32. The second kappa shape index (κ2) is 6.40. The van der Waals surface area contributed by atoms with Crippen LogP contribution in [0.4, 0.5) is 0 Å². The normalized spacial score (nSPS) is 18.5. The molecule has 1 heterocycles. The average molecular weight is 280 g/mol. The molecule has 2 unspecified atom stereocenters. The zero-order chi connectivity index (χ0) is 14.7. The zero-order valence-electron chi connectivity index (χ0n) is 13.0. The van der Waals surface area contributed by atoms with Crippen LogP contribution in [0.3, 0.4) is 0 Å². The number of aromatic nitrogens is 1. The van der Waals surface area contributed by atoms with Gasteiger partial charge < -0.3 is 5.32 Å². The summed E-state index contributed by atoms with van der Waals surface area (Å²) in [6.07, 6.45) is 6.64. The number of hydrogen-bond donors (Lipinski definition) is 1. The Morgan fingerprint density at radius 3 is 2.81 bits per heavy atom. The van der Waals surface area contributed by atoms with Crippen molar-refractivity contribution in [3.63, 3.8) is 0 Å². The van der Waals surface area contributed by atoms with E-state index in [4.69, 9.17) is 0 Å². The molecule has 0 saturated heterocycles. The Kier molecular flexibility index (Phi) is 4.35. The van der Waals surface area contributed by atoms with Gasteiger partial charge in [0, 0.05) is 23.9 Å². The summed E-state index contributed by atoms with van der Waals surface area (Å²) in [5, 5.41) is 3.53. The molecule has 110 valence electrons. The highest BCUT2D eigenvalue weighted by Gasteiger charge is 2.29. The number of aryl methyl sites for hydroxylation is 3. The summed E-state index contributed by atoms with van der Waals surface area (Å²) >= 11 is 0. The van der Waals surface area contributed by atoms with Gasteiger partial charge in [0.25, 0.3) is 0 Å². The summed E-state index contributed by atoms with van der Waals surface area (Å²) in [5.41, 5.74) is 5.52. The summed E-state index contributed by atoms with van der Waals surface area (Å²) in [6, 6.07) is 13.7. The highest BCUT2D eigenvalue weighted by Crippen LogP contribution is 2.35. The molecule has 2 aromatic rings. The lowest BCUT2D eigenvalue weighted by atomic mass is 9.91. The molecule has 0 aliphatic heterocycles. The number of nitrogens with zero attached hydrogens (tertiary/aromatic N) is 1. The number of pyridine rings is 1. The smallest absolute Gasteiger partial charge is 0.0482 e. The van der Waals surface area contributed by atoms with Crippen LogP contribution in [-0.4, -0.2) is 18.1 Å². The van der Waals surface area contributed by atoms with Gasteiger partial charge in [0.15, 0.2) is 0 Å². The van der Waals surface area contributed by atoms with Crippen molar-refractivity contribution in [1.29, 1.82) is 0 Å². The van der Waals surface area contributed by atoms with Crippen LogP contribution in [0.15, 0.2) is 42.6 Å². The van der Waals surface area contributed by atoms with Crippen molar-refractivity contribution in [2.24, 2.45) is 0 Å². The van der Waals surface area contributed by atoms with Crippen molar-refractivity contribution in [1.82, 2.24) is 10.3 Å². The molecule has 0 fully saturated rings. The Labute approximate surface area is 127 Å². The van der Waals surface area contributed by atoms with Crippen LogP contribution >= 0.6 is 0 Å². The molecule has 2 nitrogen and oxygen atoms in total. The molecule has 3 rings (SSSR count). The van der Waals surface area contributed by atoms with Crippen molar-refractivity contribution in [3.05, 3.63) is 65.0 Å². The molecule has 1 aliphatic rings. The van der Waals surface area contributed by atoms with Crippen LogP contribution in [0.25, 0.3) is 0 Å². The molecular formula is C19H24N2. The molecule has 0 radical (unpaired) electrons. The summed E-state index contributed by atoms with van der Waals surface area (Å²) in [6.45, 7) is 2.14. The van der Waals surface area contributed by atoms with Crippen LogP contribution in [-0.2, 0) is 12.8 Å².